The van der Waals surface area contributed by atoms with E-state index in [4.69, 9.17) is 9.84 Å². The Kier molecular flexibility index (Phi) is 4.69. The lowest BCUT2D eigenvalue weighted by molar-refractivity contribution is 0.0710. The Hall–Kier alpha value is -0.0800. The van der Waals surface area contributed by atoms with Crippen LogP contribution in [0, 0.1) is 11.3 Å². The molecule has 2 heteroatoms. The maximum absolute atomic E-state index is 8.77. The second-order valence-corrected chi connectivity index (χ2v) is 4.03. The molecule has 0 aromatic rings. The second kappa shape index (κ2) is 4.73. The van der Waals surface area contributed by atoms with E-state index in [1.165, 1.54) is 0 Å². The molecule has 2 nitrogen and oxygen atoms in total. The van der Waals surface area contributed by atoms with Gasteiger partial charge in [0.05, 0.1) is 0 Å². The van der Waals surface area contributed by atoms with Crippen LogP contribution in [0.4, 0.5) is 0 Å². The summed E-state index contributed by atoms with van der Waals surface area (Å²) in [5.74, 6) is 0.456. The average molecular weight is 160 g/mol. The van der Waals surface area contributed by atoms with Gasteiger partial charge in [0.15, 0.2) is 0 Å². The normalized spacial score (nSPS) is 15.0. The minimum absolute atomic E-state index is 0.235. The zero-order valence-corrected chi connectivity index (χ0v) is 8.05. The van der Waals surface area contributed by atoms with Gasteiger partial charge in [0.2, 0.25) is 0 Å². The Bertz CT molecular complexity index is 88.2. The van der Waals surface area contributed by atoms with Gasteiger partial charge >= 0.3 is 0 Å². The molecule has 0 aliphatic carbocycles. The molecule has 0 radical (unpaired) electrons. The number of hydrogen-bond donors (Lipinski definition) is 1. The summed E-state index contributed by atoms with van der Waals surface area (Å²) in [5.41, 5.74) is 0.235. The van der Waals surface area contributed by atoms with Crippen molar-refractivity contribution in [2.75, 3.05) is 20.3 Å². The molecule has 0 spiro atoms. The molecule has 0 saturated carbocycles. The van der Waals surface area contributed by atoms with Crippen molar-refractivity contribution in [1.29, 1.82) is 0 Å². The number of aliphatic hydroxyl groups excluding tert-OH is 1. The summed E-state index contributed by atoms with van der Waals surface area (Å²) in [6.07, 6.45) is 0.831. The SMILES string of the molecule is COCC(CCO)C(C)(C)C. The van der Waals surface area contributed by atoms with Crippen molar-refractivity contribution in [2.24, 2.45) is 11.3 Å². The van der Waals surface area contributed by atoms with E-state index in [1.54, 1.807) is 7.11 Å². The zero-order chi connectivity index (χ0) is 8.91. The van der Waals surface area contributed by atoms with Gasteiger partial charge < -0.3 is 9.84 Å². The molecule has 0 aliphatic heterocycles. The van der Waals surface area contributed by atoms with Crippen LogP contribution in [0.1, 0.15) is 27.2 Å². The van der Waals surface area contributed by atoms with Crippen LogP contribution in [0.5, 0.6) is 0 Å². The van der Waals surface area contributed by atoms with E-state index in [-0.39, 0.29) is 12.0 Å². The van der Waals surface area contributed by atoms with Gasteiger partial charge in [0.1, 0.15) is 0 Å². The number of hydrogen-bond acceptors (Lipinski definition) is 2. The first-order valence-electron chi connectivity index (χ1n) is 4.12. The Morgan fingerprint density at radius 3 is 2.18 bits per heavy atom. The Morgan fingerprint density at radius 2 is 1.91 bits per heavy atom. The largest absolute Gasteiger partial charge is 0.396 e. The maximum atomic E-state index is 8.77. The van der Waals surface area contributed by atoms with E-state index in [2.05, 4.69) is 20.8 Å². The third-order valence-electron chi connectivity index (χ3n) is 2.07. The van der Waals surface area contributed by atoms with E-state index >= 15 is 0 Å². The van der Waals surface area contributed by atoms with Crippen LogP contribution in [0.25, 0.3) is 0 Å². The average Bonchev–Trinajstić information content (AvgIpc) is 1.85. The van der Waals surface area contributed by atoms with Crippen molar-refractivity contribution in [3.05, 3.63) is 0 Å². The number of aliphatic hydroxyl groups is 1. The van der Waals surface area contributed by atoms with Gasteiger partial charge in [0, 0.05) is 20.3 Å². The molecule has 0 heterocycles. The molecule has 0 bridgehead atoms. The second-order valence-electron chi connectivity index (χ2n) is 4.03. The molecule has 0 fully saturated rings. The number of ether oxygens (including phenoxy) is 1. The van der Waals surface area contributed by atoms with Gasteiger partial charge in [-0.1, -0.05) is 20.8 Å². The summed E-state index contributed by atoms with van der Waals surface area (Å²) in [4.78, 5) is 0. The first-order chi connectivity index (χ1) is 5.02. The predicted octanol–water partition coefficient (Wildman–Crippen LogP) is 1.68. The number of rotatable bonds is 4. The number of methoxy groups -OCH3 is 1. The lowest BCUT2D eigenvalue weighted by atomic mass is 9.79. The highest BCUT2D eigenvalue weighted by Gasteiger charge is 2.23. The highest BCUT2D eigenvalue weighted by atomic mass is 16.5. The van der Waals surface area contributed by atoms with Crippen molar-refractivity contribution in [1.82, 2.24) is 0 Å². The molecule has 1 atom stereocenters. The summed E-state index contributed by atoms with van der Waals surface area (Å²) < 4.78 is 5.07. The standard InChI is InChI=1S/C9H20O2/c1-9(2,3)8(5-6-10)7-11-4/h8,10H,5-7H2,1-4H3. The van der Waals surface area contributed by atoms with E-state index in [9.17, 15) is 0 Å². The van der Waals surface area contributed by atoms with Crippen LogP contribution in [0.15, 0.2) is 0 Å². The first-order valence-corrected chi connectivity index (χ1v) is 4.12. The predicted molar refractivity (Wildman–Crippen MR) is 46.5 cm³/mol. The first kappa shape index (κ1) is 10.9. The molecular formula is C9H20O2. The van der Waals surface area contributed by atoms with Crippen LogP contribution in [0.3, 0.4) is 0 Å². The van der Waals surface area contributed by atoms with Gasteiger partial charge in [-0.3, -0.25) is 0 Å². The molecule has 0 aromatic heterocycles. The monoisotopic (exact) mass is 160 g/mol. The molecule has 1 N–H and O–H groups in total. The van der Waals surface area contributed by atoms with E-state index < -0.39 is 0 Å². The smallest absolute Gasteiger partial charge is 0.0496 e. The van der Waals surface area contributed by atoms with Crippen molar-refractivity contribution >= 4 is 0 Å². The summed E-state index contributed by atoms with van der Waals surface area (Å²) in [6, 6.07) is 0. The Morgan fingerprint density at radius 1 is 1.36 bits per heavy atom. The van der Waals surface area contributed by atoms with Gasteiger partial charge in [0.25, 0.3) is 0 Å². The van der Waals surface area contributed by atoms with E-state index in [0.29, 0.717) is 5.92 Å². The van der Waals surface area contributed by atoms with Gasteiger partial charge in [-0.2, -0.15) is 0 Å². The highest BCUT2D eigenvalue weighted by molar-refractivity contribution is 4.73. The van der Waals surface area contributed by atoms with Crippen LogP contribution in [-0.4, -0.2) is 25.4 Å². The molecule has 68 valence electrons. The molecule has 11 heavy (non-hydrogen) atoms. The van der Waals surface area contributed by atoms with Crippen molar-refractivity contribution in [2.45, 2.75) is 27.2 Å². The zero-order valence-electron chi connectivity index (χ0n) is 8.05. The topological polar surface area (TPSA) is 29.5 Å². The van der Waals surface area contributed by atoms with Crippen molar-refractivity contribution in [3.8, 4) is 0 Å². The maximum Gasteiger partial charge on any atom is 0.0496 e. The summed E-state index contributed by atoms with van der Waals surface area (Å²) in [7, 11) is 1.70. The minimum atomic E-state index is 0.235. The highest BCUT2D eigenvalue weighted by Crippen LogP contribution is 2.28. The molecular weight excluding hydrogens is 140 g/mol. The van der Waals surface area contributed by atoms with Gasteiger partial charge in [-0.05, 0) is 17.8 Å². The molecule has 0 saturated heterocycles. The van der Waals surface area contributed by atoms with Crippen LogP contribution in [0.2, 0.25) is 0 Å². The van der Waals surface area contributed by atoms with Gasteiger partial charge in [-0.15, -0.1) is 0 Å². The van der Waals surface area contributed by atoms with E-state index in [1.807, 2.05) is 0 Å². The van der Waals surface area contributed by atoms with Crippen LogP contribution < -0.4 is 0 Å². The summed E-state index contributed by atoms with van der Waals surface area (Å²) >= 11 is 0. The van der Waals surface area contributed by atoms with Crippen LogP contribution in [-0.2, 0) is 4.74 Å². The van der Waals surface area contributed by atoms with Crippen molar-refractivity contribution in [3.63, 3.8) is 0 Å². The quantitative estimate of drug-likeness (QED) is 0.678. The molecule has 1 unspecified atom stereocenters. The third kappa shape index (κ3) is 4.38. The molecule has 0 amide bonds. The lowest BCUT2D eigenvalue weighted by Gasteiger charge is -2.29. The Balaban J connectivity index is 3.88. The van der Waals surface area contributed by atoms with Crippen LogP contribution >= 0.6 is 0 Å². The fourth-order valence-corrected chi connectivity index (χ4v) is 1.12. The third-order valence-corrected chi connectivity index (χ3v) is 2.07. The molecule has 0 rings (SSSR count). The minimum Gasteiger partial charge on any atom is -0.396 e. The van der Waals surface area contributed by atoms with Gasteiger partial charge in [-0.25, -0.2) is 0 Å². The Labute approximate surface area is 69.6 Å². The fraction of sp³-hybridized carbons (Fsp3) is 1.00. The van der Waals surface area contributed by atoms with E-state index in [0.717, 1.165) is 13.0 Å². The molecule has 0 aliphatic rings. The summed E-state index contributed by atoms with van der Waals surface area (Å²) in [6.45, 7) is 7.51. The summed E-state index contributed by atoms with van der Waals surface area (Å²) in [5, 5.41) is 8.77. The lowest BCUT2D eigenvalue weighted by Crippen LogP contribution is -2.25. The fourth-order valence-electron chi connectivity index (χ4n) is 1.12. The molecule has 0 aromatic carbocycles. The van der Waals surface area contributed by atoms with Crippen molar-refractivity contribution < 1.29 is 9.84 Å².